The van der Waals surface area contributed by atoms with Crippen LogP contribution in [0.4, 0.5) is 10.5 Å². The molecule has 2 aromatic carbocycles. The van der Waals surface area contributed by atoms with Crippen LogP contribution in [0.1, 0.15) is 61.5 Å². The van der Waals surface area contributed by atoms with E-state index >= 15 is 0 Å². The molecule has 8 nitrogen and oxygen atoms in total. The number of amides is 2. The number of ether oxygens (including phenoxy) is 1. The maximum Gasteiger partial charge on any atom is 0.407 e. The van der Waals surface area contributed by atoms with Crippen LogP contribution >= 0.6 is 0 Å². The normalized spacial score (nSPS) is 14.9. The van der Waals surface area contributed by atoms with E-state index in [0.29, 0.717) is 29.9 Å². The number of alkyl carbamates (subject to hydrolysis) is 1. The van der Waals surface area contributed by atoms with Crippen LogP contribution in [-0.2, 0) is 21.3 Å². The molecule has 1 aliphatic rings. The average Bonchev–Trinajstić information content (AvgIpc) is 2.78. The number of aryl methyl sites for hydroxylation is 1. The summed E-state index contributed by atoms with van der Waals surface area (Å²) in [5.74, 6) is -0.350. The fourth-order valence-corrected chi connectivity index (χ4v) is 5.43. The summed E-state index contributed by atoms with van der Waals surface area (Å²) in [5.41, 5.74) is 1.72. The van der Waals surface area contributed by atoms with Crippen molar-refractivity contribution in [1.29, 1.82) is 0 Å². The molecular weight excluding hydrogens is 454 g/mol. The third-order valence-electron chi connectivity index (χ3n) is 5.43. The fraction of sp³-hybridized carbons (Fsp3) is 0.440. The molecule has 0 unspecified atom stereocenters. The molecule has 0 radical (unpaired) electrons. The van der Waals surface area contributed by atoms with Crippen molar-refractivity contribution in [1.82, 2.24) is 9.62 Å². The zero-order chi connectivity index (χ0) is 24.9. The Morgan fingerprint density at radius 1 is 1.00 bits per heavy atom. The summed E-state index contributed by atoms with van der Waals surface area (Å²) in [7, 11) is -3.61. The van der Waals surface area contributed by atoms with E-state index in [9.17, 15) is 18.0 Å². The topological polar surface area (TPSA) is 105 Å². The summed E-state index contributed by atoms with van der Waals surface area (Å²) in [4.78, 5) is 24.7. The first-order chi connectivity index (χ1) is 16.0. The van der Waals surface area contributed by atoms with Gasteiger partial charge in [0.2, 0.25) is 10.0 Å². The molecule has 0 bridgehead atoms. The van der Waals surface area contributed by atoms with Gasteiger partial charge in [-0.2, -0.15) is 4.31 Å². The maximum atomic E-state index is 13.1. The molecule has 1 fully saturated rings. The van der Waals surface area contributed by atoms with Crippen LogP contribution in [0.5, 0.6) is 0 Å². The van der Waals surface area contributed by atoms with Gasteiger partial charge in [-0.1, -0.05) is 24.6 Å². The van der Waals surface area contributed by atoms with Gasteiger partial charge < -0.3 is 15.4 Å². The number of sulfonamides is 1. The molecule has 0 aliphatic carbocycles. The highest BCUT2D eigenvalue weighted by atomic mass is 32.2. The van der Waals surface area contributed by atoms with Crippen molar-refractivity contribution in [2.75, 3.05) is 18.4 Å². The van der Waals surface area contributed by atoms with E-state index < -0.39 is 21.7 Å². The van der Waals surface area contributed by atoms with Gasteiger partial charge in [-0.3, -0.25) is 4.79 Å². The number of nitrogens with zero attached hydrogens (tertiary/aromatic N) is 1. The van der Waals surface area contributed by atoms with Gasteiger partial charge >= 0.3 is 6.09 Å². The summed E-state index contributed by atoms with van der Waals surface area (Å²) in [6.45, 7) is 8.44. The van der Waals surface area contributed by atoms with E-state index in [-0.39, 0.29) is 17.3 Å². The molecule has 0 spiro atoms. The molecule has 0 aromatic heterocycles. The number of hydrogen-bond acceptors (Lipinski definition) is 5. The first kappa shape index (κ1) is 25.7. The number of carbonyl (C=O) groups is 2. The van der Waals surface area contributed by atoms with Gasteiger partial charge in [-0.25, -0.2) is 13.2 Å². The SMILES string of the molecule is Cc1ccc(NC(=O)c2ccc(CNC(=O)OC(C)(C)C)cc2)cc1S(=O)(=O)N1CCCCC1. The predicted octanol–water partition coefficient (Wildman–Crippen LogP) is 4.45. The van der Waals surface area contributed by atoms with Crippen LogP contribution in [-0.4, -0.2) is 43.4 Å². The number of anilines is 1. The summed E-state index contributed by atoms with van der Waals surface area (Å²) >= 11 is 0. The highest BCUT2D eigenvalue weighted by molar-refractivity contribution is 7.89. The van der Waals surface area contributed by atoms with Crippen molar-refractivity contribution in [2.45, 2.75) is 64.0 Å². The lowest BCUT2D eigenvalue weighted by Crippen LogP contribution is -2.36. The van der Waals surface area contributed by atoms with Crippen molar-refractivity contribution in [2.24, 2.45) is 0 Å². The number of rotatable bonds is 6. The summed E-state index contributed by atoms with van der Waals surface area (Å²) in [5, 5.41) is 5.46. The Morgan fingerprint density at radius 3 is 2.26 bits per heavy atom. The van der Waals surface area contributed by atoms with Crippen LogP contribution in [0.25, 0.3) is 0 Å². The Labute approximate surface area is 201 Å². The van der Waals surface area contributed by atoms with Gasteiger partial charge in [0, 0.05) is 30.9 Å². The monoisotopic (exact) mass is 487 g/mol. The molecule has 3 rings (SSSR count). The highest BCUT2D eigenvalue weighted by Gasteiger charge is 2.27. The molecule has 1 aliphatic heterocycles. The average molecular weight is 488 g/mol. The van der Waals surface area contributed by atoms with Crippen molar-refractivity contribution >= 4 is 27.7 Å². The molecule has 1 saturated heterocycles. The second-order valence-corrected chi connectivity index (χ2v) is 11.4. The lowest BCUT2D eigenvalue weighted by Gasteiger charge is -2.26. The van der Waals surface area contributed by atoms with E-state index in [0.717, 1.165) is 24.8 Å². The molecule has 184 valence electrons. The van der Waals surface area contributed by atoms with Gasteiger partial charge in [-0.05, 0) is 75.9 Å². The number of carbonyl (C=O) groups excluding carboxylic acids is 2. The summed E-state index contributed by atoms with van der Waals surface area (Å²) in [6, 6.07) is 11.7. The molecule has 0 saturated carbocycles. The van der Waals surface area contributed by atoms with Gasteiger partial charge in [0.05, 0.1) is 4.90 Å². The highest BCUT2D eigenvalue weighted by Crippen LogP contribution is 2.26. The second-order valence-electron chi connectivity index (χ2n) is 9.45. The molecule has 0 atom stereocenters. The predicted molar refractivity (Wildman–Crippen MR) is 131 cm³/mol. The first-order valence-corrected chi connectivity index (χ1v) is 12.9. The number of piperidine rings is 1. The molecule has 2 N–H and O–H groups in total. The van der Waals surface area contributed by atoms with Crippen LogP contribution in [0.15, 0.2) is 47.4 Å². The van der Waals surface area contributed by atoms with E-state index in [1.54, 1.807) is 64.1 Å². The molecule has 34 heavy (non-hydrogen) atoms. The smallest absolute Gasteiger partial charge is 0.407 e. The Morgan fingerprint density at radius 2 is 1.65 bits per heavy atom. The van der Waals surface area contributed by atoms with E-state index in [4.69, 9.17) is 4.74 Å². The Bertz CT molecular complexity index is 1130. The van der Waals surface area contributed by atoms with E-state index in [2.05, 4.69) is 10.6 Å². The molecule has 2 amide bonds. The minimum atomic E-state index is -3.61. The standard InChI is InChI=1S/C25H33N3O5S/c1-18-8-13-21(16-22(18)34(31,32)28-14-6-5-7-15-28)27-23(29)20-11-9-19(10-12-20)17-26-24(30)33-25(2,3)4/h8-13,16H,5-7,14-15,17H2,1-4H3,(H,26,30)(H,27,29). The summed E-state index contributed by atoms with van der Waals surface area (Å²) in [6.07, 6.45) is 2.25. The quantitative estimate of drug-likeness (QED) is 0.627. The van der Waals surface area contributed by atoms with Crippen molar-refractivity contribution < 1.29 is 22.7 Å². The van der Waals surface area contributed by atoms with E-state index in [1.165, 1.54) is 10.4 Å². The Balaban J connectivity index is 1.65. The Kier molecular flexibility index (Phi) is 7.99. The van der Waals surface area contributed by atoms with Crippen LogP contribution in [0, 0.1) is 6.92 Å². The van der Waals surface area contributed by atoms with Gasteiger partial charge in [0.15, 0.2) is 0 Å². The van der Waals surface area contributed by atoms with E-state index in [1.807, 2.05) is 0 Å². The zero-order valence-electron chi connectivity index (χ0n) is 20.2. The largest absolute Gasteiger partial charge is 0.444 e. The minimum absolute atomic E-state index is 0.218. The van der Waals surface area contributed by atoms with Crippen LogP contribution in [0.3, 0.4) is 0 Å². The molecule has 2 aromatic rings. The van der Waals surface area contributed by atoms with Crippen molar-refractivity contribution in [3.8, 4) is 0 Å². The number of benzene rings is 2. The first-order valence-electron chi connectivity index (χ1n) is 11.4. The molecular formula is C25H33N3O5S. The van der Waals surface area contributed by atoms with Crippen LogP contribution < -0.4 is 10.6 Å². The van der Waals surface area contributed by atoms with Gasteiger partial charge in [0.1, 0.15) is 5.60 Å². The second kappa shape index (κ2) is 10.6. The number of hydrogen-bond donors (Lipinski definition) is 2. The zero-order valence-corrected chi connectivity index (χ0v) is 21.0. The van der Waals surface area contributed by atoms with Gasteiger partial charge in [0.25, 0.3) is 5.91 Å². The lowest BCUT2D eigenvalue weighted by atomic mass is 10.1. The third-order valence-corrected chi connectivity index (χ3v) is 7.47. The molecule has 9 heteroatoms. The van der Waals surface area contributed by atoms with Gasteiger partial charge in [-0.15, -0.1) is 0 Å². The minimum Gasteiger partial charge on any atom is -0.444 e. The Hall–Kier alpha value is -2.91. The van der Waals surface area contributed by atoms with Crippen LogP contribution in [0.2, 0.25) is 0 Å². The fourth-order valence-electron chi connectivity index (χ4n) is 3.67. The summed E-state index contributed by atoms with van der Waals surface area (Å²) < 4.78 is 33.0. The molecule has 1 heterocycles. The number of nitrogens with one attached hydrogen (secondary N) is 2. The maximum absolute atomic E-state index is 13.1. The third kappa shape index (κ3) is 6.80. The van der Waals surface area contributed by atoms with Crippen molar-refractivity contribution in [3.63, 3.8) is 0 Å². The van der Waals surface area contributed by atoms with Crippen molar-refractivity contribution in [3.05, 3.63) is 59.2 Å². The lowest BCUT2D eigenvalue weighted by molar-refractivity contribution is 0.0523.